The number of piperidine rings is 1. The van der Waals surface area contributed by atoms with E-state index < -0.39 is 0 Å². The van der Waals surface area contributed by atoms with Gasteiger partial charge in [-0.2, -0.15) is 0 Å². The van der Waals surface area contributed by atoms with E-state index in [1.54, 1.807) is 11.3 Å². The fourth-order valence-corrected chi connectivity index (χ4v) is 2.80. The zero-order valence-electron chi connectivity index (χ0n) is 8.87. The Hall–Kier alpha value is -0.320. The van der Waals surface area contributed by atoms with Crippen LogP contribution in [0.3, 0.4) is 0 Å². The summed E-state index contributed by atoms with van der Waals surface area (Å²) < 4.78 is 0. The molecular formula is C10H16ClN3S. The van der Waals surface area contributed by atoms with Gasteiger partial charge in [-0.1, -0.05) is 18.5 Å². The molecule has 3 nitrogen and oxygen atoms in total. The highest BCUT2D eigenvalue weighted by atomic mass is 35.5. The molecule has 0 aromatic carbocycles. The second-order valence-corrected chi connectivity index (χ2v) is 5.07. The maximum absolute atomic E-state index is 5.77. The molecule has 84 valence electrons. The second kappa shape index (κ2) is 5.14. The second-order valence-electron chi connectivity index (χ2n) is 3.83. The molecule has 0 amide bonds. The molecule has 1 fully saturated rings. The van der Waals surface area contributed by atoms with E-state index in [2.05, 4.69) is 22.1 Å². The van der Waals surface area contributed by atoms with E-state index in [4.69, 9.17) is 11.6 Å². The normalized spacial score (nSPS) is 19.3. The summed E-state index contributed by atoms with van der Waals surface area (Å²) in [4.78, 5) is 6.68. The lowest BCUT2D eigenvalue weighted by Gasteiger charge is -2.31. The minimum absolute atomic E-state index is 0.565. The first-order valence-corrected chi connectivity index (χ1v) is 6.63. The van der Waals surface area contributed by atoms with E-state index >= 15 is 0 Å². The van der Waals surface area contributed by atoms with Gasteiger partial charge in [0, 0.05) is 24.5 Å². The quantitative estimate of drug-likeness (QED) is 0.888. The zero-order valence-corrected chi connectivity index (χ0v) is 10.4. The molecule has 0 bridgehead atoms. The van der Waals surface area contributed by atoms with Gasteiger partial charge in [-0.15, -0.1) is 11.3 Å². The van der Waals surface area contributed by atoms with Crippen molar-refractivity contribution >= 4 is 28.1 Å². The van der Waals surface area contributed by atoms with E-state index in [-0.39, 0.29) is 0 Å². The van der Waals surface area contributed by atoms with Crippen LogP contribution in [-0.2, 0) is 0 Å². The number of rotatable bonds is 3. The van der Waals surface area contributed by atoms with Crippen LogP contribution in [0, 0.1) is 0 Å². The third-order valence-electron chi connectivity index (χ3n) is 2.84. The molecule has 1 N–H and O–H groups in total. The molecule has 0 spiro atoms. The van der Waals surface area contributed by atoms with E-state index in [9.17, 15) is 0 Å². The van der Waals surface area contributed by atoms with Crippen LogP contribution in [0.25, 0.3) is 0 Å². The van der Waals surface area contributed by atoms with Gasteiger partial charge in [-0.3, -0.25) is 0 Å². The van der Waals surface area contributed by atoms with Gasteiger partial charge in [-0.05, 0) is 19.4 Å². The third-order valence-corrected chi connectivity index (χ3v) is 3.94. The van der Waals surface area contributed by atoms with Crippen molar-refractivity contribution in [1.29, 1.82) is 0 Å². The number of anilines is 1. The van der Waals surface area contributed by atoms with Gasteiger partial charge in [0.2, 0.25) is 0 Å². The predicted octanol–water partition coefficient (Wildman–Crippen LogP) is 2.69. The molecule has 1 saturated heterocycles. The van der Waals surface area contributed by atoms with Crippen LogP contribution >= 0.6 is 22.9 Å². The van der Waals surface area contributed by atoms with Gasteiger partial charge in [-0.25, -0.2) is 4.98 Å². The van der Waals surface area contributed by atoms with Crippen molar-refractivity contribution in [1.82, 2.24) is 9.88 Å². The number of thiazole rings is 1. The molecule has 0 unspecified atom stereocenters. The number of hydrogen-bond acceptors (Lipinski definition) is 4. The third kappa shape index (κ3) is 3.06. The first kappa shape index (κ1) is 11.2. The van der Waals surface area contributed by atoms with Crippen molar-refractivity contribution in [2.24, 2.45) is 0 Å². The molecule has 1 aromatic rings. The van der Waals surface area contributed by atoms with Crippen LogP contribution in [-0.4, -0.2) is 35.6 Å². The fourth-order valence-electron chi connectivity index (χ4n) is 1.89. The van der Waals surface area contributed by atoms with Crippen molar-refractivity contribution in [3.63, 3.8) is 0 Å². The Morgan fingerprint density at radius 3 is 2.87 bits per heavy atom. The van der Waals surface area contributed by atoms with Crippen molar-refractivity contribution in [2.75, 3.05) is 25.0 Å². The first-order valence-electron chi connectivity index (χ1n) is 5.38. The van der Waals surface area contributed by atoms with Gasteiger partial charge in [0.15, 0.2) is 5.13 Å². The Morgan fingerprint density at radius 1 is 1.60 bits per heavy atom. The standard InChI is InChI=1S/C10H16ClN3S/c1-2-14-5-3-8(4-6-14)12-10-13-9(11)7-15-10/h7-8H,2-6H2,1H3,(H,12,13). The summed E-state index contributed by atoms with van der Waals surface area (Å²) in [5, 5.41) is 6.85. The summed E-state index contributed by atoms with van der Waals surface area (Å²) in [6, 6.07) is 0.565. The Labute approximate surface area is 99.5 Å². The largest absolute Gasteiger partial charge is 0.359 e. The van der Waals surface area contributed by atoms with Gasteiger partial charge < -0.3 is 10.2 Å². The first-order chi connectivity index (χ1) is 7.28. The Kier molecular flexibility index (Phi) is 3.83. The van der Waals surface area contributed by atoms with Gasteiger partial charge in [0.25, 0.3) is 0 Å². The van der Waals surface area contributed by atoms with Gasteiger partial charge >= 0.3 is 0 Å². The van der Waals surface area contributed by atoms with Crippen molar-refractivity contribution in [2.45, 2.75) is 25.8 Å². The lowest BCUT2D eigenvalue weighted by atomic mass is 10.1. The molecule has 0 saturated carbocycles. The Balaban J connectivity index is 1.82. The highest BCUT2D eigenvalue weighted by Gasteiger charge is 2.18. The number of nitrogens with zero attached hydrogens (tertiary/aromatic N) is 2. The van der Waals surface area contributed by atoms with Crippen LogP contribution in [0.2, 0.25) is 5.15 Å². The number of halogens is 1. The summed E-state index contributed by atoms with van der Waals surface area (Å²) in [5.74, 6) is 0. The highest BCUT2D eigenvalue weighted by Crippen LogP contribution is 2.22. The zero-order chi connectivity index (χ0) is 10.7. The van der Waals surface area contributed by atoms with Crippen LogP contribution in [0.15, 0.2) is 5.38 Å². The smallest absolute Gasteiger partial charge is 0.184 e. The van der Waals surface area contributed by atoms with Crippen LogP contribution < -0.4 is 5.32 Å². The van der Waals surface area contributed by atoms with Gasteiger partial charge in [0.05, 0.1) is 0 Å². The molecule has 5 heteroatoms. The van der Waals surface area contributed by atoms with Crippen LogP contribution in [0.1, 0.15) is 19.8 Å². The highest BCUT2D eigenvalue weighted by molar-refractivity contribution is 7.14. The minimum Gasteiger partial charge on any atom is -0.359 e. The van der Waals surface area contributed by atoms with Crippen molar-refractivity contribution in [3.8, 4) is 0 Å². The van der Waals surface area contributed by atoms with E-state index in [0.29, 0.717) is 11.2 Å². The number of nitrogens with one attached hydrogen (secondary N) is 1. The Bertz CT molecular complexity index is 307. The Morgan fingerprint density at radius 2 is 2.33 bits per heavy atom. The molecule has 2 rings (SSSR count). The topological polar surface area (TPSA) is 28.2 Å². The fraction of sp³-hybridized carbons (Fsp3) is 0.700. The molecule has 0 atom stereocenters. The molecule has 1 aliphatic rings. The lowest BCUT2D eigenvalue weighted by Crippen LogP contribution is -2.38. The van der Waals surface area contributed by atoms with Crippen molar-refractivity contribution in [3.05, 3.63) is 10.5 Å². The van der Waals surface area contributed by atoms with Crippen LogP contribution in [0.4, 0.5) is 5.13 Å². The minimum atomic E-state index is 0.565. The molecule has 0 radical (unpaired) electrons. The summed E-state index contributed by atoms with van der Waals surface area (Å²) in [6.45, 7) is 5.75. The average molecular weight is 246 g/mol. The molecular weight excluding hydrogens is 230 g/mol. The predicted molar refractivity (Wildman–Crippen MR) is 65.9 cm³/mol. The molecule has 2 heterocycles. The maximum Gasteiger partial charge on any atom is 0.184 e. The molecule has 1 aromatic heterocycles. The van der Waals surface area contributed by atoms with Crippen molar-refractivity contribution < 1.29 is 0 Å². The molecule has 15 heavy (non-hydrogen) atoms. The summed E-state index contributed by atoms with van der Waals surface area (Å²) in [5.41, 5.74) is 0. The van der Waals surface area contributed by atoms with E-state index in [0.717, 1.165) is 11.7 Å². The van der Waals surface area contributed by atoms with E-state index in [1.807, 2.05) is 5.38 Å². The number of aromatic nitrogens is 1. The summed E-state index contributed by atoms with van der Waals surface area (Å²) in [7, 11) is 0. The average Bonchev–Trinajstić information content (AvgIpc) is 2.65. The van der Waals surface area contributed by atoms with Gasteiger partial charge in [0.1, 0.15) is 5.15 Å². The number of hydrogen-bond donors (Lipinski definition) is 1. The lowest BCUT2D eigenvalue weighted by molar-refractivity contribution is 0.229. The molecule has 0 aliphatic carbocycles. The van der Waals surface area contributed by atoms with Crippen LogP contribution in [0.5, 0.6) is 0 Å². The number of likely N-dealkylation sites (tertiary alicyclic amines) is 1. The summed E-state index contributed by atoms with van der Waals surface area (Å²) >= 11 is 7.36. The van der Waals surface area contributed by atoms with E-state index in [1.165, 1.54) is 25.9 Å². The monoisotopic (exact) mass is 245 g/mol. The maximum atomic E-state index is 5.77. The SMILES string of the molecule is CCN1CCC(Nc2nc(Cl)cs2)CC1. The molecule has 1 aliphatic heterocycles. The summed E-state index contributed by atoms with van der Waals surface area (Å²) in [6.07, 6.45) is 2.40.